The van der Waals surface area contributed by atoms with Gasteiger partial charge in [0, 0.05) is 11.3 Å². The number of esters is 1. The molecule has 0 saturated heterocycles. The zero-order valence-corrected chi connectivity index (χ0v) is 13.4. The topological polar surface area (TPSA) is 55.4 Å². The summed E-state index contributed by atoms with van der Waals surface area (Å²) in [4.78, 5) is 24.8. The molecule has 112 valence electrons. The molecule has 1 aromatic rings. The van der Waals surface area contributed by atoms with E-state index in [1.807, 2.05) is 13.0 Å². The lowest BCUT2D eigenvalue weighted by Crippen LogP contribution is -2.13. The van der Waals surface area contributed by atoms with Gasteiger partial charge in [-0.05, 0) is 25.3 Å². The lowest BCUT2D eigenvalue weighted by Gasteiger charge is -2.05. The van der Waals surface area contributed by atoms with Crippen molar-refractivity contribution in [1.29, 1.82) is 0 Å². The van der Waals surface area contributed by atoms with E-state index in [0.717, 1.165) is 17.7 Å². The number of hydrogen-bond acceptors (Lipinski definition) is 4. The summed E-state index contributed by atoms with van der Waals surface area (Å²) >= 11 is 1.45. The summed E-state index contributed by atoms with van der Waals surface area (Å²) in [5.74, 6) is -0.106. The third-order valence-electron chi connectivity index (χ3n) is 2.83. The maximum atomic E-state index is 11.9. The van der Waals surface area contributed by atoms with Gasteiger partial charge >= 0.3 is 5.97 Å². The minimum Gasteiger partial charge on any atom is -0.462 e. The van der Waals surface area contributed by atoms with Gasteiger partial charge in [0.15, 0.2) is 0 Å². The molecule has 0 aliphatic heterocycles. The Hall–Kier alpha value is -1.36. The Morgan fingerprint density at radius 2 is 2.05 bits per heavy atom. The number of hydrogen-bond donors (Lipinski definition) is 1. The van der Waals surface area contributed by atoms with Crippen LogP contribution in [0.2, 0.25) is 0 Å². The Balaban J connectivity index is 2.91. The number of nitrogens with one attached hydrogen (secondary N) is 1. The number of rotatable bonds is 7. The summed E-state index contributed by atoms with van der Waals surface area (Å²) < 4.78 is 5.04. The van der Waals surface area contributed by atoms with Gasteiger partial charge in [-0.3, -0.25) is 4.79 Å². The fourth-order valence-electron chi connectivity index (χ4n) is 1.67. The van der Waals surface area contributed by atoms with Crippen molar-refractivity contribution < 1.29 is 14.3 Å². The van der Waals surface area contributed by atoms with Gasteiger partial charge < -0.3 is 10.1 Å². The van der Waals surface area contributed by atoms with Crippen molar-refractivity contribution in [2.24, 2.45) is 0 Å². The first-order valence-electron chi connectivity index (χ1n) is 7.10. The van der Waals surface area contributed by atoms with Crippen LogP contribution < -0.4 is 5.32 Å². The number of anilines is 1. The Morgan fingerprint density at radius 3 is 2.60 bits per heavy atom. The molecule has 0 atom stereocenters. The molecule has 1 amide bonds. The predicted octanol–water partition coefficient (Wildman–Crippen LogP) is 4.18. The van der Waals surface area contributed by atoms with Crippen molar-refractivity contribution in [3.8, 4) is 0 Å². The summed E-state index contributed by atoms with van der Waals surface area (Å²) in [5, 5.41) is 3.44. The monoisotopic (exact) mass is 297 g/mol. The molecule has 1 rings (SSSR count). The van der Waals surface area contributed by atoms with Crippen molar-refractivity contribution in [3.05, 3.63) is 16.5 Å². The molecular formula is C15H23NO3S. The highest BCUT2D eigenvalue weighted by atomic mass is 32.1. The standard InChI is InChI=1S/C15H23NO3S/c1-5-7-8-13(17)16-14-11(15(18)19-6-2)9-12(20-14)10(3)4/h9-10H,5-8H2,1-4H3,(H,16,17). The van der Waals surface area contributed by atoms with Gasteiger partial charge in [0.25, 0.3) is 0 Å². The smallest absolute Gasteiger partial charge is 0.341 e. The lowest BCUT2D eigenvalue weighted by molar-refractivity contribution is -0.116. The summed E-state index contributed by atoms with van der Waals surface area (Å²) in [6.07, 6.45) is 2.30. The molecule has 0 aliphatic carbocycles. The SMILES string of the molecule is CCCCC(=O)Nc1sc(C(C)C)cc1C(=O)OCC. The van der Waals surface area contributed by atoms with Crippen LogP contribution in [0.1, 0.15) is 68.1 Å². The van der Waals surface area contributed by atoms with Crippen LogP contribution in [0.5, 0.6) is 0 Å². The molecule has 5 heteroatoms. The molecule has 0 aliphatic rings. The maximum absolute atomic E-state index is 11.9. The zero-order chi connectivity index (χ0) is 15.1. The normalized spacial score (nSPS) is 10.7. The maximum Gasteiger partial charge on any atom is 0.341 e. The minimum atomic E-state index is -0.374. The quantitative estimate of drug-likeness (QED) is 0.768. The van der Waals surface area contributed by atoms with Crippen molar-refractivity contribution in [3.63, 3.8) is 0 Å². The van der Waals surface area contributed by atoms with E-state index in [9.17, 15) is 9.59 Å². The highest BCUT2D eigenvalue weighted by Crippen LogP contribution is 2.33. The molecule has 20 heavy (non-hydrogen) atoms. The summed E-state index contributed by atoms with van der Waals surface area (Å²) in [7, 11) is 0. The van der Waals surface area contributed by atoms with Gasteiger partial charge in [-0.2, -0.15) is 0 Å². The second kappa shape index (κ2) is 8.04. The summed E-state index contributed by atoms with van der Waals surface area (Å²) in [5.41, 5.74) is 0.463. The highest BCUT2D eigenvalue weighted by molar-refractivity contribution is 7.16. The van der Waals surface area contributed by atoms with E-state index in [1.54, 1.807) is 6.92 Å². The number of unbranched alkanes of at least 4 members (excludes halogenated alkanes) is 1. The summed E-state index contributed by atoms with van der Waals surface area (Å²) in [6, 6.07) is 1.82. The van der Waals surface area contributed by atoms with Crippen molar-refractivity contribution in [2.45, 2.75) is 52.9 Å². The van der Waals surface area contributed by atoms with Crippen molar-refractivity contribution in [1.82, 2.24) is 0 Å². The first-order valence-corrected chi connectivity index (χ1v) is 7.91. The third-order valence-corrected chi connectivity index (χ3v) is 4.18. The van der Waals surface area contributed by atoms with Crippen LogP contribution in [0.15, 0.2) is 6.07 Å². The zero-order valence-electron chi connectivity index (χ0n) is 12.6. The summed E-state index contributed by atoms with van der Waals surface area (Å²) in [6.45, 7) is 8.26. The third kappa shape index (κ3) is 4.63. The molecule has 4 nitrogen and oxygen atoms in total. The van der Waals surface area contributed by atoms with Crippen LogP contribution in [0, 0.1) is 0 Å². The fourth-order valence-corrected chi connectivity index (χ4v) is 2.74. The Labute approximate surface area is 124 Å². The average molecular weight is 297 g/mol. The molecule has 0 aromatic carbocycles. The molecule has 0 spiro atoms. The van der Waals surface area contributed by atoms with E-state index in [-0.39, 0.29) is 11.9 Å². The van der Waals surface area contributed by atoms with E-state index >= 15 is 0 Å². The molecule has 1 N–H and O–H groups in total. The molecule has 0 saturated carbocycles. The number of thiophene rings is 1. The number of amides is 1. The molecule has 1 heterocycles. The largest absolute Gasteiger partial charge is 0.462 e. The number of ether oxygens (including phenoxy) is 1. The molecule has 0 unspecified atom stereocenters. The Bertz CT molecular complexity index is 466. The average Bonchev–Trinajstić information content (AvgIpc) is 2.80. The van der Waals surface area contributed by atoms with Crippen molar-refractivity contribution >= 4 is 28.2 Å². The molecule has 0 radical (unpaired) electrons. The van der Waals surface area contributed by atoms with E-state index < -0.39 is 0 Å². The van der Waals surface area contributed by atoms with E-state index in [2.05, 4.69) is 19.2 Å². The van der Waals surface area contributed by atoms with Crippen molar-refractivity contribution in [2.75, 3.05) is 11.9 Å². The minimum absolute atomic E-state index is 0.0467. The van der Waals surface area contributed by atoms with Crippen LogP contribution in [-0.4, -0.2) is 18.5 Å². The number of carbonyl (C=O) groups excluding carboxylic acids is 2. The van der Waals surface area contributed by atoms with E-state index in [4.69, 9.17) is 4.74 Å². The Kier molecular flexibility index (Phi) is 6.71. The van der Waals surface area contributed by atoms with E-state index in [1.165, 1.54) is 11.3 Å². The van der Waals surface area contributed by atoms with Gasteiger partial charge in [0.2, 0.25) is 5.91 Å². The van der Waals surface area contributed by atoms with Crippen LogP contribution in [0.3, 0.4) is 0 Å². The molecule has 0 fully saturated rings. The predicted molar refractivity (Wildman–Crippen MR) is 82.5 cm³/mol. The van der Waals surface area contributed by atoms with Crippen LogP contribution >= 0.6 is 11.3 Å². The first-order chi connectivity index (χ1) is 9.49. The van der Waals surface area contributed by atoms with Gasteiger partial charge in [-0.1, -0.05) is 27.2 Å². The van der Waals surface area contributed by atoms with Gasteiger partial charge in [0.1, 0.15) is 5.00 Å². The van der Waals surface area contributed by atoms with Gasteiger partial charge in [-0.25, -0.2) is 4.79 Å². The first kappa shape index (κ1) is 16.7. The van der Waals surface area contributed by atoms with Gasteiger partial charge in [-0.15, -0.1) is 11.3 Å². The van der Waals surface area contributed by atoms with Crippen LogP contribution in [-0.2, 0) is 9.53 Å². The lowest BCUT2D eigenvalue weighted by atomic mass is 10.1. The van der Waals surface area contributed by atoms with Crippen LogP contribution in [0.4, 0.5) is 5.00 Å². The second-order valence-electron chi connectivity index (χ2n) is 4.92. The van der Waals surface area contributed by atoms with E-state index in [0.29, 0.717) is 29.5 Å². The molecule has 1 aromatic heterocycles. The second-order valence-corrected chi connectivity index (χ2v) is 6.00. The highest BCUT2D eigenvalue weighted by Gasteiger charge is 2.19. The fraction of sp³-hybridized carbons (Fsp3) is 0.600. The Morgan fingerprint density at radius 1 is 1.35 bits per heavy atom. The molecule has 0 bridgehead atoms. The van der Waals surface area contributed by atoms with Gasteiger partial charge in [0.05, 0.1) is 12.2 Å². The van der Waals surface area contributed by atoms with Crippen LogP contribution in [0.25, 0.3) is 0 Å². The molecular weight excluding hydrogens is 274 g/mol. The number of carbonyl (C=O) groups is 2.